The van der Waals surface area contributed by atoms with Crippen LogP contribution in [0.2, 0.25) is 0 Å². The molecule has 0 rings (SSSR count). The summed E-state index contributed by atoms with van der Waals surface area (Å²) in [5.74, 6) is -0.363. The highest BCUT2D eigenvalue weighted by atomic mass is 31.2. The molecule has 0 aliphatic rings. The van der Waals surface area contributed by atoms with Crippen molar-refractivity contribution in [2.75, 3.05) is 54.1 Å². The van der Waals surface area contributed by atoms with Crippen LogP contribution in [0.15, 0.2) is 72.9 Å². The number of quaternary nitrogens is 1. The summed E-state index contributed by atoms with van der Waals surface area (Å²) in [5.41, 5.74) is 0. The zero-order chi connectivity index (χ0) is 39.1. The van der Waals surface area contributed by atoms with E-state index in [4.69, 9.17) is 18.5 Å². The Hall–Kier alpha value is -2.06. The number of unbranched alkanes of at least 4 members (excludes halogenated alkanes) is 11. The summed E-state index contributed by atoms with van der Waals surface area (Å²) in [7, 11) is 1.31. The summed E-state index contributed by atoms with van der Waals surface area (Å²) in [6, 6.07) is 0. The fourth-order valence-electron chi connectivity index (χ4n) is 5.04. The highest BCUT2D eigenvalue weighted by Gasteiger charge is 2.20. The third-order valence-electron chi connectivity index (χ3n) is 8.24. The van der Waals surface area contributed by atoms with Gasteiger partial charge in [-0.25, -0.2) is 0 Å². The molecule has 0 heterocycles. The van der Waals surface area contributed by atoms with Crippen molar-refractivity contribution in [3.8, 4) is 0 Å². The van der Waals surface area contributed by atoms with Crippen molar-refractivity contribution in [1.82, 2.24) is 0 Å². The lowest BCUT2D eigenvalue weighted by Gasteiger charge is -2.28. The van der Waals surface area contributed by atoms with Crippen molar-refractivity contribution in [3.05, 3.63) is 72.9 Å². The van der Waals surface area contributed by atoms with Crippen molar-refractivity contribution in [1.29, 1.82) is 0 Å². The molecule has 2 atom stereocenters. The van der Waals surface area contributed by atoms with E-state index in [1.165, 1.54) is 25.7 Å². The second kappa shape index (κ2) is 36.9. The van der Waals surface area contributed by atoms with E-state index < -0.39 is 13.9 Å². The van der Waals surface area contributed by atoms with Gasteiger partial charge in [-0.1, -0.05) is 125 Å². The van der Waals surface area contributed by atoms with E-state index in [-0.39, 0.29) is 32.2 Å². The van der Waals surface area contributed by atoms with Crippen LogP contribution in [0, 0.1) is 0 Å². The van der Waals surface area contributed by atoms with Crippen molar-refractivity contribution >= 4 is 13.8 Å². The largest absolute Gasteiger partial charge is 0.756 e. The number of hydrogen-bond donors (Lipinski definition) is 0. The maximum atomic E-state index is 12.6. The summed E-state index contributed by atoms with van der Waals surface area (Å²) >= 11 is 0. The van der Waals surface area contributed by atoms with Crippen LogP contribution in [-0.4, -0.2) is 70.7 Å². The van der Waals surface area contributed by atoms with Crippen LogP contribution in [0.25, 0.3) is 0 Å². The van der Waals surface area contributed by atoms with Crippen molar-refractivity contribution in [3.63, 3.8) is 0 Å². The zero-order valence-electron chi connectivity index (χ0n) is 34.4. The van der Waals surface area contributed by atoms with Crippen LogP contribution < -0.4 is 4.89 Å². The quantitative estimate of drug-likeness (QED) is 0.0204. The molecule has 0 spiro atoms. The van der Waals surface area contributed by atoms with Gasteiger partial charge < -0.3 is 27.9 Å². The normalized spacial score (nSPS) is 14.6. The van der Waals surface area contributed by atoms with E-state index in [1.807, 2.05) is 21.1 Å². The molecule has 53 heavy (non-hydrogen) atoms. The Kier molecular flexibility index (Phi) is 35.5. The average Bonchev–Trinajstić information content (AvgIpc) is 3.11. The number of likely N-dealkylation sites (N-methyl/N-ethyl adjacent to an activating group) is 1. The van der Waals surface area contributed by atoms with E-state index in [1.54, 1.807) is 0 Å². The highest BCUT2D eigenvalue weighted by molar-refractivity contribution is 7.45. The van der Waals surface area contributed by atoms with Gasteiger partial charge in [-0.15, -0.1) is 0 Å². The molecule has 0 saturated heterocycles. The Labute approximate surface area is 325 Å². The SMILES string of the molecule is CC/C=C\C/C=C\C/C=C\C/C=C\CCCCCOCC(COP(=O)([O-])OCC[N+](C)(C)C)OC(=O)CCCCCCC/C=C\C/C=C\CCCCC. The molecule has 0 aromatic heterocycles. The standard InChI is InChI=1S/C44H78NO7P/c1-6-8-10-12-14-16-18-20-22-24-26-28-30-32-34-36-39-49-41-43(42-51-53(47,48)50-40-38-45(3,4)5)52-44(46)37-35-33-31-29-27-25-23-21-19-17-15-13-11-9-7-2/h8,10,14-17,20-23,26,28,43H,6-7,9,11-13,18-19,24-25,27,29-42H2,1-5H3/b10-8-,16-14-,17-15-,22-20-,23-21-,28-26-. The minimum Gasteiger partial charge on any atom is -0.756 e. The fourth-order valence-corrected chi connectivity index (χ4v) is 5.76. The van der Waals surface area contributed by atoms with Gasteiger partial charge in [0.2, 0.25) is 0 Å². The molecule has 0 fully saturated rings. The van der Waals surface area contributed by atoms with Crippen LogP contribution in [0.4, 0.5) is 0 Å². The number of carbonyl (C=O) groups excluding carboxylic acids is 1. The average molecular weight is 764 g/mol. The molecule has 2 unspecified atom stereocenters. The van der Waals surface area contributed by atoms with Gasteiger partial charge in [-0.05, 0) is 83.5 Å². The summed E-state index contributed by atoms with van der Waals surface area (Å²) in [4.78, 5) is 25.0. The number of carbonyl (C=O) groups is 1. The predicted octanol–water partition coefficient (Wildman–Crippen LogP) is 11.3. The van der Waals surface area contributed by atoms with Gasteiger partial charge in [-0.3, -0.25) is 9.36 Å². The van der Waals surface area contributed by atoms with Crippen molar-refractivity contribution < 1.29 is 37.3 Å². The summed E-state index contributed by atoms with van der Waals surface area (Å²) < 4.78 is 34.5. The lowest BCUT2D eigenvalue weighted by atomic mass is 10.1. The number of esters is 1. The summed E-state index contributed by atoms with van der Waals surface area (Å²) in [6.45, 7) is 5.14. The monoisotopic (exact) mass is 764 g/mol. The maximum absolute atomic E-state index is 12.6. The fraction of sp³-hybridized carbons (Fsp3) is 0.705. The van der Waals surface area contributed by atoms with Crippen LogP contribution in [-0.2, 0) is 27.9 Å². The third-order valence-corrected chi connectivity index (χ3v) is 9.21. The van der Waals surface area contributed by atoms with Gasteiger partial charge >= 0.3 is 5.97 Å². The Morgan fingerprint density at radius 3 is 1.64 bits per heavy atom. The van der Waals surface area contributed by atoms with E-state index in [0.717, 1.165) is 96.3 Å². The molecule has 0 bridgehead atoms. The van der Waals surface area contributed by atoms with Gasteiger partial charge in [0.1, 0.15) is 19.3 Å². The lowest BCUT2D eigenvalue weighted by molar-refractivity contribution is -0.870. The van der Waals surface area contributed by atoms with Crippen LogP contribution in [0.1, 0.15) is 142 Å². The van der Waals surface area contributed by atoms with E-state index in [9.17, 15) is 14.3 Å². The number of hydrogen-bond acceptors (Lipinski definition) is 7. The molecule has 0 N–H and O–H groups in total. The Balaban J connectivity index is 4.38. The van der Waals surface area contributed by atoms with Crippen molar-refractivity contribution in [2.45, 2.75) is 148 Å². The molecule has 0 radical (unpaired) electrons. The maximum Gasteiger partial charge on any atom is 0.306 e. The third kappa shape index (κ3) is 41.0. The Morgan fingerprint density at radius 1 is 0.604 bits per heavy atom. The summed E-state index contributed by atoms with van der Waals surface area (Å²) in [5, 5.41) is 0. The van der Waals surface area contributed by atoms with Crippen LogP contribution in [0.3, 0.4) is 0 Å². The summed E-state index contributed by atoms with van der Waals surface area (Å²) in [6.07, 6.45) is 46.3. The van der Waals surface area contributed by atoms with Crippen LogP contribution in [0.5, 0.6) is 0 Å². The van der Waals surface area contributed by atoms with Gasteiger partial charge in [0, 0.05) is 13.0 Å². The van der Waals surface area contributed by atoms with Gasteiger partial charge in [0.25, 0.3) is 7.82 Å². The molecular weight excluding hydrogens is 685 g/mol. The number of allylic oxidation sites excluding steroid dienone is 12. The van der Waals surface area contributed by atoms with Gasteiger partial charge in [0.15, 0.2) is 0 Å². The molecule has 9 heteroatoms. The molecule has 8 nitrogen and oxygen atoms in total. The first-order valence-corrected chi connectivity index (χ1v) is 22.1. The number of nitrogens with zero attached hydrogens (tertiary/aromatic N) is 1. The molecule has 0 aliphatic carbocycles. The second-order valence-corrected chi connectivity index (χ2v) is 16.0. The molecule has 306 valence electrons. The molecule has 0 aromatic rings. The van der Waals surface area contributed by atoms with Crippen molar-refractivity contribution in [2.24, 2.45) is 0 Å². The van der Waals surface area contributed by atoms with E-state index in [0.29, 0.717) is 17.6 Å². The first-order valence-electron chi connectivity index (χ1n) is 20.7. The first-order chi connectivity index (χ1) is 25.6. The lowest BCUT2D eigenvalue weighted by Crippen LogP contribution is -2.37. The Morgan fingerprint density at radius 2 is 1.09 bits per heavy atom. The Bertz CT molecular complexity index is 1070. The van der Waals surface area contributed by atoms with Gasteiger partial charge in [0.05, 0.1) is 34.4 Å². The molecule has 0 aliphatic heterocycles. The number of phosphoric ester groups is 1. The molecule has 0 amide bonds. The highest BCUT2D eigenvalue weighted by Crippen LogP contribution is 2.38. The minimum atomic E-state index is -4.54. The minimum absolute atomic E-state index is 0.0129. The van der Waals surface area contributed by atoms with E-state index in [2.05, 4.69) is 86.8 Å². The van der Waals surface area contributed by atoms with Crippen LogP contribution >= 0.6 is 7.82 Å². The number of rotatable bonds is 37. The molecule has 0 saturated carbocycles. The number of phosphoric acid groups is 1. The predicted molar refractivity (Wildman–Crippen MR) is 222 cm³/mol. The first kappa shape index (κ1) is 50.9. The van der Waals surface area contributed by atoms with E-state index >= 15 is 0 Å². The number of ether oxygens (including phenoxy) is 2. The topological polar surface area (TPSA) is 94.1 Å². The second-order valence-electron chi connectivity index (χ2n) is 14.6. The smallest absolute Gasteiger partial charge is 0.306 e. The molecule has 0 aromatic carbocycles. The molecular formula is C44H78NO7P. The van der Waals surface area contributed by atoms with Gasteiger partial charge in [-0.2, -0.15) is 0 Å². The zero-order valence-corrected chi connectivity index (χ0v) is 35.3.